The molecular formula is C17H20N2O2. The van der Waals surface area contributed by atoms with Gasteiger partial charge in [0.2, 0.25) is 0 Å². The fraction of sp³-hybridized carbons (Fsp3) is 0.235. The molecule has 0 aliphatic carbocycles. The van der Waals surface area contributed by atoms with Crippen molar-refractivity contribution in [3.05, 3.63) is 60.2 Å². The first-order chi connectivity index (χ1) is 10.2. The van der Waals surface area contributed by atoms with Crippen molar-refractivity contribution in [1.29, 1.82) is 0 Å². The van der Waals surface area contributed by atoms with Crippen LogP contribution in [-0.2, 0) is 16.1 Å². The van der Waals surface area contributed by atoms with Crippen LogP contribution in [0.15, 0.2) is 54.6 Å². The van der Waals surface area contributed by atoms with Crippen molar-refractivity contribution in [1.82, 2.24) is 5.32 Å². The summed E-state index contributed by atoms with van der Waals surface area (Å²) in [6.45, 7) is 2.61. The Morgan fingerprint density at radius 2 is 1.71 bits per heavy atom. The molecule has 1 atom stereocenters. The Kier molecular flexibility index (Phi) is 5.49. The van der Waals surface area contributed by atoms with Gasteiger partial charge < -0.3 is 10.5 Å². The number of nitrogens with two attached hydrogens (primary N) is 1. The summed E-state index contributed by atoms with van der Waals surface area (Å²) in [5, 5.41) is 2.95. The minimum atomic E-state index is -0.793. The molecule has 21 heavy (non-hydrogen) atoms. The SMILES string of the molecule is CCOC(=O)C(N)NCc1ccc(-c2ccccc2)cc1. The third-order valence-corrected chi connectivity index (χ3v) is 3.13. The smallest absolute Gasteiger partial charge is 0.337 e. The highest BCUT2D eigenvalue weighted by molar-refractivity contribution is 5.74. The molecule has 110 valence electrons. The first-order valence-electron chi connectivity index (χ1n) is 7.00. The number of esters is 1. The predicted molar refractivity (Wildman–Crippen MR) is 83.3 cm³/mol. The Bertz CT molecular complexity index is 567. The summed E-state index contributed by atoms with van der Waals surface area (Å²) in [5.41, 5.74) is 9.09. The van der Waals surface area contributed by atoms with Crippen molar-refractivity contribution in [3.63, 3.8) is 0 Å². The lowest BCUT2D eigenvalue weighted by Gasteiger charge is -2.12. The molecule has 0 saturated carbocycles. The summed E-state index contributed by atoms with van der Waals surface area (Å²) < 4.78 is 4.84. The third kappa shape index (κ3) is 4.41. The number of carbonyl (C=O) groups excluding carboxylic acids is 1. The molecule has 0 fully saturated rings. The molecule has 0 spiro atoms. The van der Waals surface area contributed by atoms with Gasteiger partial charge in [0.15, 0.2) is 6.17 Å². The summed E-state index contributed by atoms with van der Waals surface area (Å²) >= 11 is 0. The number of hydrogen-bond donors (Lipinski definition) is 2. The van der Waals surface area contributed by atoms with Gasteiger partial charge in [-0.25, -0.2) is 4.79 Å². The van der Waals surface area contributed by atoms with Gasteiger partial charge in [0.1, 0.15) is 0 Å². The molecule has 1 unspecified atom stereocenters. The Hall–Kier alpha value is -2.17. The highest BCUT2D eigenvalue weighted by Gasteiger charge is 2.13. The van der Waals surface area contributed by atoms with Crippen LogP contribution in [-0.4, -0.2) is 18.7 Å². The number of nitrogens with one attached hydrogen (secondary N) is 1. The molecule has 0 bridgehead atoms. The van der Waals surface area contributed by atoms with E-state index in [0.717, 1.165) is 11.1 Å². The zero-order valence-electron chi connectivity index (χ0n) is 12.1. The van der Waals surface area contributed by atoms with Gasteiger partial charge in [0.05, 0.1) is 6.61 Å². The first kappa shape index (κ1) is 15.2. The second-order valence-corrected chi connectivity index (χ2v) is 4.67. The molecule has 0 saturated heterocycles. The zero-order valence-corrected chi connectivity index (χ0v) is 12.1. The van der Waals surface area contributed by atoms with Crippen LogP contribution in [0.3, 0.4) is 0 Å². The second kappa shape index (κ2) is 7.57. The van der Waals surface area contributed by atoms with Crippen molar-refractivity contribution in [2.75, 3.05) is 6.61 Å². The van der Waals surface area contributed by atoms with Crippen molar-refractivity contribution in [2.24, 2.45) is 5.73 Å². The van der Waals surface area contributed by atoms with Crippen LogP contribution >= 0.6 is 0 Å². The van der Waals surface area contributed by atoms with Crippen LogP contribution < -0.4 is 11.1 Å². The van der Waals surface area contributed by atoms with Crippen LogP contribution in [0, 0.1) is 0 Å². The minimum Gasteiger partial charge on any atom is -0.464 e. The highest BCUT2D eigenvalue weighted by atomic mass is 16.5. The topological polar surface area (TPSA) is 64.3 Å². The Morgan fingerprint density at radius 3 is 2.33 bits per heavy atom. The van der Waals surface area contributed by atoms with Crippen molar-refractivity contribution < 1.29 is 9.53 Å². The van der Waals surface area contributed by atoms with Gasteiger partial charge in [-0.2, -0.15) is 0 Å². The molecule has 3 N–H and O–H groups in total. The molecule has 4 heteroatoms. The van der Waals surface area contributed by atoms with E-state index < -0.39 is 12.1 Å². The normalized spacial score (nSPS) is 11.9. The number of benzene rings is 2. The van der Waals surface area contributed by atoms with E-state index in [2.05, 4.69) is 29.6 Å². The molecule has 0 aliphatic heterocycles. The summed E-state index contributed by atoms with van der Waals surface area (Å²) in [7, 11) is 0. The summed E-state index contributed by atoms with van der Waals surface area (Å²) in [4.78, 5) is 11.4. The maximum absolute atomic E-state index is 11.4. The van der Waals surface area contributed by atoms with E-state index in [-0.39, 0.29) is 0 Å². The quantitative estimate of drug-likeness (QED) is 0.631. The average Bonchev–Trinajstić information content (AvgIpc) is 2.54. The van der Waals surface area contributed by atoms with Crippen LogP contribution in [0.4, 0.5) is 0 Å². The van der Waals surface area contributed by atoms with Crippen LogP contribution in [0.2, 0.25) is 0 Å². The Labute approximate surface area is 124 Å². The molecule has 2 rings (SSSR count). The summed E-state index contributed by atoms with van der Waals surface area (Å²) in [6.07, 6.45) is -0.793. The van der Waals surface area contributed by atoms with Gasteiger partial charge in [0, 0.05) is 6.54 Å². The first-order valence-corrected chi connectivity index (χ1v) is 7.00. The second-order valence-electron chi connectivity index (χ2n) is 4.67. The van der Waals surface area contributed by atoms with Gasteiger partial charge in [-0.1, -0.05) is 54.6 Å². The van der Waals surface area contributed by atoms with E-state index in [4.69, 9.17) is 10.5 Å². The fourth-order valence-corrected chi connectivity index (χ4v) is 1.99. The van der Waals surface area contributed by atoms with Gasteiger partial charge in [-0.05, 0) is 23.6 Å². The molecule has 0 aliphatic rings. The van der Waals surface area contributed by atoms with E-state index in [9.17, 15) is 4.79 Å². The molecular weight excluding hydrogens is 264 g/mol. The molecule has 0 amide bonds. The van der Waals surface area contributed by atoms with E-state index >= 15 is 0 Å². The molecule has 2 aromatic rings. The van der Waals surface area contributed by atoms with Gasteiger partial charge in [-0.15, -0.1) is 0 Å². The standard InChI is InChI=1S/C17H20N2O2/c1-2-21-17(20)16(18)19-12-13-8-10-15(11-9-13)14-6-4-3-5-7-14/h3-11,16,19H,2,12,18H2,1H3. The monoisotopic (exact) mass is 284 g/mol. The number of ether oxygens (including phenoxy) is 1. The molecule has 0 aromatic heterocycles. The van der Waals surface area contributed by atoms with Gasteiger partial charge >= 0.3 is 5.97 Å². The van der Waals surface area contributed by atoms with E-state index in [1.165, 1.54) is 5.56 Å². The lowest BCUT2D eigenvalue weighted by molar-refractivity contribution is -0.145. The molecule has 4 nitrogen and oxygen atoms in total. The van der Waals surface area contributed by atoms with Crippen LogP contribution in [0.25, 0.3) is 11.1 Å². The lowest BCUT2D eigenvalue weighted by atomic mass is 10.0. The maximum atomic E-state index is 11.4. The van der Waals surface area contributed by atoms with Crippen molar-refractivity contribution in [3.8, 4) is 11.1 Å². The van der Waals surface area contributed by atoms with E-state index in [0.29, 0.717) is 13.2 Å². The van der Waals surface area contributed by atoms with Gasteiger partial charge in [0.25, 0.3) is 0 Å². The van der Waals surface area contributed by atoms with Crippen molar-refractivity contribution >= 4 is 5.97 Å². The van der Waals surface area contributed by atoms with Crippen molar-refractivity contribution in [2.45, 2.75) is 19.6 Å². The van der Waals surface area contributed by atoms with E-state index in [1.807, 2.05) is 30.3 Å². The zero-order chi connectivity index (χ0) is 15.1. The predicted octanol–water partition coefficient (Wildman–Crippen LogP) is 2.29. The summed E-state index contributed by atoms with van der Waals surface area (Å²) in [5.74, 6) is -0.432. The van der Waals surface area contributed by atoms with E-state index in [1.54, 1.807) is 6.92 Å². The lowest BCUT2D eigenvalue weighted by Crippen LogP contribution is -2.44. The number of carbonyl (C=O) groups is 1. The molecule has 2 aromatic carbocycles. The third-order valence-electron chi connectivity index (χ3n) is 3.13. The number of hydrogen-bond acceptors (Lipinski definition) is 4. The van der Waals surface area contributed by atoms with Crippen LogP contribution in [0.5, 0.6) is 0 Å². The molecule has 0 radical (unpaired) electrons. The largest absolute Gasteiger partial charge is 0.464 e. The Morgan fingerprint density at radius 1 is 1.10 bits per heavy atom. The molecule has 0 heterocycles. The van der Waals surface area contributed by atoms with Gasteiger partial charge in [-0.3, -0.25) is 5.32 Å². The highest BCUT2D eigenvalue weighted by Crippen LogP contribution is 2.19. The Balaban J connectivity index is 1.93. The number of rotatable bonds is 6. The summed E-state index contributed by atoms with van der Waals surface area (Å²) in [6, 6.07) is 18.3. The minimum absolute atomic E-state index is 0.333. The maximum Gasteiger partial charge on any atom is 0.337 e. The average molecular weight is 284 g/mol. The fourth-order valence-electron chi connectivity index (χ4n) is 1.99. The van der Waals surface area contributed by atoms with Crippen LogP contribution in [0.1, 0.15) is 12.5 Å².